The van der Waals surface area contributed by atoms with Gasteiger partial charge in [-0.2, -0.15) is 0 Å². The zero-order chi connectivity index (χ0) is 24.2. The summed E-state index contributed by atoms with van der Waals surface area (Å²) in [6.07, 6.45) is 1.77. The van der Waals surface area contributed by atoms with Crippen molar-refractivity contribution in [1.82, 2.24) is 5.32 Å². The Hall–Kier alpha value is -3.54. The highest BCUT2D eigenvalue weighted by Crippen LogP contribution is 2.44. The number of benzene rings is 2. The number of rotatable bonds is 7. The lowest BCUT2D eigenvalue weighted by molar-refractivity contribution is -0.143. The summed E-state index contributed by atoms with van der Waals surface area (Å²) in [4.78, 5) is 26.2. The number of nitrogens with one attached hydrogen (secondary N) is 1. The van der Waals surface area contributed by atoms with Gasteiger partial charge in [0.15, 0.2) is 17.3 Å². The van der Waals surface area contributed by atoms with Gasteiger partial charge >= 0.3 is 5.97 Å². The van der Waals surface area contributed by atoms with Crippen LogP contribution in [0.5, 0.6) is 11.5 Å². The summed E-state index contributed by atoms with van der Waals surface area (Å²) in [6, 6.07) is 15.5. The lowest BCUT2D eigenvalue weighted by Crippen LogP contribution is -2.35. The van der Waals surface area contributed by atoms with Crippen molar-refractivity contribution >= 4 is 11.8 Å². The normalized spacial score (nSPS) is 17.9. The first-order valence-corrected chi connectivity index (χ1v) is 11.7. The van der Waals surface area contributed by atoms with Crippen molar-refractivity contribution in [1.29, 1.82) is 0 Å². The van der Waals surface area contributed by atoms with Crippen molar-refractivity contribution in [3.05, 3.63) is 82.2 Å². The van der Waals surface area contributed by atoms with E-state index in [0.717, 1.165) is 29.7 Å². The first-order valence-electron chi connectivity index (χ1n) is 11.7. The van der Waals surface area contributed by atoms with E-state index in [1.807, 2.05) is 69.3 Å². The molecule has 4 rings (SSSR count). The molecule has 0 unspecified atom stereocenters. The SMILES string of the molecule is COc1cc([C@H]2C(C(=O)OC(C)C)=C(C)NC3=C2C(=O)CCC3)ccc1OCc1ccccc1. The molecule has 1 atom stereocenters. The van der Waals surface area contributed by atoms with E-state index in [1.54, 1.807) is 7.11 Å². The number of dihydropyridines is 1. The maximum Gasteiger partial charge on any atom is 0.337 e. The van der Waals surface area contributed by atoms with E-state index in [-0.39, 0.29) is 11.9 Å². The molecule has 0 bridgehead atoms. The quantitative estimate of drug-likeness (QED) is 0.572. The number of carbonyl (C=O) groups excluding carboxylic acids is 2. The molecule has 0 radical (unpaired) electrons. The number of carbonyl (C=O) groups is 2. The Labute approximate surface area is 200 Å². The number of Topliss-reactive ketones (excluding diaryl/α,β-unsaturated/α-hetero) is 1. The molecular weight excluding hydrogens is 430 g/mol. The Morgan fingerprint density at radius 1 is 1.09 bits per heavy atom. The predicted molar refractivity (Wildman–Crippen MR) is 129 cm³/mol. The number of methoxy groups -OCH3 is 1. The summed E-state index contributed by atoms with van der Waals surface area (Å²) in [6.45, 7) is 5.90. The van der Waals surface area contributed by atoms with Gasteiger partial charge in [0.1, 0.15) is 6.61 Å². The molecule has 1 N–H and O–H groups in total. The average molecular weight is 462 g/mol. The van der Waals surface area contributed by atoms with Gasteiger partial charge in [-0.05, 0) is 56.9 Å². The molecule has 6 nitrogen and oxygen atoms in total. The molecule has 0 spiro atoms. The molecular formula is C28H31NO5. The zero-order valence-corrected chi connectivity index (χ0v) is 20.1. The van der Waals surface area contributed by atoms with Crippen LogP contribution in [0.2, 0.25) is 0 Å². The number of hydrogen-bond donors (Lipinski definition) is 1. The molecule has 6 heteroatoms. The molecule has 0 amide bonds. The van der Waals surface area contributed by atoms with Crippen LogP contribution in [0.25, 0.3) is 0 Å². The lowest BCUT2D eigenvalue weighted by Gasteiger charge is -2.34. The van der Waals surface area contributed by atoms with Gasteiger partial charge in [-0.1, -0.05) is 36.4 Å². The van der Waals surface area contributed by atoms with Gasteiger partial charge in [0, 0.05) is 29.3 Å². The number of esters is 1. The Kier molecular flexibility index (Phi) is 7.06. The van der Waals surface area contributed by atoms with Gasteiger partial charge < -0.3 is 19.5 Å². The number of ketones is 1. The standard InChI is InChI=1S/C28H31NO5/c1-17(2)34-28(31)25-18(3)29-21-11-8-12-22(30)27(21)26(25)20-13-14-23(24(15-20)32-4)33-16-19-9-6-5-7-10-19/h5-7,9-10,13-15,17,26,29H,8,11-12,16H2,1-4H3/t26-/m0/s1. The topological polar surface area (TPSA) is 73.9 Å². The van der Waals surface area contributed by atoms with Crippen molar-refractivity contribution in [3.8, 4) is 11.5 Å². The fourth-order valence-corrected chi connectivity index (χ4v) is 4.58. The van der Waals surface area contributed by atoms with E-state index >= 15 is 0 Å². The van der Waals surface area contributed by atoms with Gasteiger partial charge in [0.2, 0.25) is 0 Å². The minimum absolute atomic E-state index is 0.0597. The summed E-state index contributed by atoms with van der Waals surface area (Å²) in [5.41, 5.74) is 4.56. The minimum Gasteiger partial charge on any atom is -0.493 e. The third-order valence-corrected chi connectivity index (χ3v) is 6.10. The molecule has 0 saturated carbocycles. The highest BCUT2D eigenvalue weighted by Gasteiger charge is 2.39. The second-order valence-electron chi connectivity index (χ2n) is 8.90. The molecule has 178 valence electrons. The Balaban J connectivity index is 1.73. The largest absolute Gasteiger partial charge is 0.493 e. The molecule has 0 aromatic heterocycles. The monoisotopic (exact) mass is 461 g/mol. The maximum atomic E-state index is 13.2. The van der Waals surface area contributed by atoms with E-state index in [0.29, 0.717) is 41.4 Å². The van der Waals surface area contributed by atoms with Gasteiger partial charge in [-0.15, -0.1) is 0 Å². The van der Waals surface area contributed by atoms with Crippen LogP contribution in [0.15, 0.2) is 71.1 Å². The van der Waals surface area contributed by atoms with Gasteiger partial charge in [0.05, 0.1) is 18.8 Å². The Morgan fingerprint density at radius 2 is 1.85 bits per heavy atom. The minimum atomic E-state index is -0.521. The molecule has 2 aromatic rings. The van der Waals surface area contributed by atoms with Crippen LogP contribution in [0.4, 0.5) is 0 Å². The van der Waals surface area contributed by atoms with Crippen molar-refractivity contribution in [2.24, 2.45) is 0 Å². The van der Waals surface area contributed by atoms with Crippen molar-refractivity contribution < 1.29 is 23.8 Å². The van der Waals surface area contributed by atoms with Gasteiger partial charge in [-0.25, -0.2) is 4.79 Å². The second-order valence-corrected chi connectivity index (χ2v) is 8.90. The number of hydrogen-bond acceptors (Lipinski definition) is 6. The highest BCUT2D eigenvalue weighted by molar-refractivity contribution is 6.03. The molecule has 1 aliphatic heterocycles. The van der Waals surface area contributed by atoms with E-state index in [2.05, 4.69) is 5.32 Å². The van der Waals surface area contributed by atoms with Gasteiger partial charge in [0.25, 0.3) is 0 Å². The predicted octanol–water partition coefficient (Wildman–Crippen LogP) is 5.19. The highest BCUT2D eigenvalue weighted by atomic mass is 16.5. The molecule has 0 saturated heterocycles. The first-order chi connectivity index (χ1) is 16.4. The smallest absolute Gasteiger partial charge is 0.337 e. The van der Waals surface area contributed by atoms with Crippen LogP contribution in [0.3, 0.4) is 0 Å². The first kappa shape index (κ1) is 23.6. The molecule has 1 heterocycles. The Bertz CT molecular complexity index is 1150. The second kappa shape index (κ2) is 10.2. The van der Waals surface area contributed by atoms with Crippen LogP contribution in [0.1, 0.15) is 57.1 Å². The average Bonchev–Trinajstić information content (AvgIpc) is 2.82. The van der Waals surface area contributed by atoms with Crippen LogP contribution in [-0.4, -0.2) is 25.0 Å². The number of allylic oxidation sites excluding steroid dienone is 3. The van der Waals surface area contributed by atoms with Crippen LogP contribution >= 0.6 is 0 Å². The molecule has 1 aliphatic carbocycles. The molecule has 34 heavy (non-hydrogen) atoms. The maximum absolute atomic E-state index is 13.2. The van der Waals surface area contributed by atoms with Crippen molar-refractivity contribution in [3.63, 3.8) is 0 Å². The third-order valence-electron chi connectivity index (χ3n) is 6.10. The summed E-state index contributed by atoms with van der Waals surface area (Å²) in [5, 5.41) is 3.31. The Morgan fingerprint density at radius 3 is 2.56 bits per heavy atom. The van der Waals surface area contributed by atoms with Crippen LogP contribution < -0.4 is 14.8 Å². The van der Waals surface area contributed by atoms with E-state index in [4.69, 9.17) is 14.2 Å². The molecule has 2 aromatic carbocycles. The fraction of sp³-hybridized carbons (Fsp3) is 0.357. The lowest BCUT2D eigenvalue weighted by atomic mass is 9.75. The summed E-state index contributed by atoms with van der Waals surface area (Å²) in [7, 11) is 1.59. The summed E-state index contributed by atoms with van der Waals surface area (Å²) >= 11 is 0. The van der Waals surface area contributed by atoms with Crippen LogP contribution in [0, 0.1) is 0 Å². The van der Waals surface area contributed by atoms with E-state index < -0.39 is 11.9 Å². The third kappa shape index (κ3) is 4.86. The summed E-state index contributed by atoms with van der Waals surface area (Å²) < 4.78 is 17.2. The zero-order valence-electron chi connectivity index (χ0n) is 20.1. The molecule has 0 fully saturated rings. The number of ether oxygens (including phenoxy) is 3. The van der Waals surface area contributed by atoms with Gasteiger partial charge in [-0.3, -0.25) is 4.79 Å². The van der Waals surface area contributed by atoms with Crippen molar-refractivity contribution in [2.75, 3.05) is 7.11 Å². The summed E-state index contributed by atoms with van der Waals surface area (Å²) in [5.74, 6) is 0.266. The van der Waals surface area contributed by atoms with E-state index in [9.17, 15) is 9.59 Å². The van der Waals surface area contributed by atoms with E-state index in [1.165, 1.54) is 0 Å². The van der Waals surface area contributed by atoms with Crippen molar-refractivity contribution in [2.45, 2.75) is 58.7 Å². The van der Waals surface area contributed by atoms with Crippen LogP contribution in [-0.2, 0) is 20.9 Å². The molecule has 2 aliphatic rings. The fourth-order valence-electron chi connectivity index (χ4n) is 4.58.